The van der Waals surface area contributed by atoms with Crippen LogP contribution < -0.4 is 4.74 Å². The number of aromatic nitrogens is 4. The Morgan fingerprint density at radius 3 is 2.71 bits per heavy atom. The zero-order chi connectivity index (χ0) is 23.7. The molecule has 3 heterocycles. The van der Waals surface area contributed by atoms with Crippen molar-refractivity contribution >= 4 is 26.8 Å². The highest BCUT2D eigenvalue weighted by Gasteiger charge is 2.14. The van der Waals surface area contributed by atoms with Crippen molar-refractivity contribution < 1.29 is 9.13 Å². The Morgan fingerprint density at radius 2 is 1.88 bits per heavy atom. The van der Waals surface area contributed by atoms with Crippen LogP contribution in [0.25, 0.3) is 33.3 Å². The van der Waals surface area contributed by atoms with E-state index in [2.05, 4.69) is 48.2 Å². The van der Waals surface area contributed by atoms with Gasteiger partial charge in [0.25, 0.3) is 0 Å². The predicted molar refractivity (Wildman–Crippen MR) is 135 cm³/mol. The fraction of sp³-hybridized carbons (Fsp3) is 0.148. The van der Waals surface area contributed by atoms with Crippen LogP contribution in [0.5, 0.6) is 5.88 Å². The second-order valence-electron chi connectivity index (χ2n) is 8.37. The molecule has 170 valence electrons. The van der Waals surface area contributed by atoms with Gasteiger partial charge in [0.15, 0.2) is 0 Å². The van der Waals surface area contributed by atoms with Gasteiger partial charge < -0.3 is 4.74 Å². The van der Waals surface area contributed by atoms with E-state index in [1.807, 2.05) is 50.4 Å². The Balaban J connectivity index is 1.55. The number of hydrogen-bond acceptors (Lipinski definition) is 4. The lowest BCUT2D eigenvalue weighted by Gasteiger charge is -2.11. The molecule has 34 heavy (non-hydrogen) atoms. The highest BCUT2D eigenvalue weighted by molar-refractivity contribution is 9.10. The average molecular weight is 517 g/mol. The molecule has 0 amide bonds. The summed E-state index contributed by atoms with van der Waals surface area (Å²) in [6, 6.07) is 17.0. The number of hydrogen-bond donors (Lipinski definition) is 1. The van der Waals surface area contributed by atoms with Crippen molar-refractivity contribution in [2.24, 2.45) is 0 Å². The molecule has 0 radical (unpaired) electrons. The van der Waals surface area contributed by atoms with E-state index in [-0.39, 0.29) is 11.9 Å². The molecule has 0 saturated carbocycles. The standard InChI is InChI=1S/C27H22BrFN4O/c1-16(2)34-26-13-19(5-8-31-26)27-24-12-18(3-4-25(24)32-33-27)23-6-7-30-15-20(23)9-17-10-21(28)14-22(29)11-17/h3-8,10-16H,9H2,1-2H3,(H,32,33). The van der Waals surface area contributed by atoms with Crippen LogP contribution in [0.3, 0.4) is 0 Å². The van der Waals surface area contributed by atoms with Gasteiger partial charge in [0, 0.05) is 40.1 Å². The Bertz CT molecular complexity index is 1460. The number of fused-ring (bicyclic) bond motifs is 1. The zero-order valence-corrected chi connectivity index (χ0v) is 20.3. The molecule has 0 bridgehead atoms. The van der Waals surface area contributed by atoms with Crippen molar-refractivity contribution in [2.45, 2.75) is 26.4 Å². The Kier molecular flexibility index (Phi) is 6.11. The van der Waals surface area contributed by atoms with Crippen molar-refractivity contribution in [3.8, 4) is 28.3 Å². The van der Waals surface area contributed by atoms with Gasteiger partial charge in [0.1, 0.15) is 11.5 Å². The molecule has 0 saturated heterocycles. The van der Waals surface area contributed by atoms with E-state index in [1.54, 1.807) is 18.5 Å². The Hall–Kier alpha value is -3.58. The summed E-state index contributed by atoms with van der Waals surface area (Å²) in [6.45, 7) is 3.94. The Morgan fingerprint density at radius 1 is 1.00 bits per heavy atom. The van der Waals surface area contributed by atoms with Gasteiger partial charge in [0.05, 0.1) is 11.6 Å². The number of rotatable bonds is 6. The SMILES string of the molecule is CC(C)Oc1cc(-c2n[nH]c3ccc(-c4ccncc4Cc4cc(F)cc(Br)c4)cc23)ccn1. The topological polar surface area (TPSA) is 63.7 Å². The van der Waals surface area contributed by atoms with Crippen molar-refractivity contribution in [1.82, 2.24) is 20.2 Å². The summed E-state index contributed by atoms with van der Waals surface area (Å²) in [7, 11) is 0. The monoisotopic (exact) mass is 516 g/mol. The first kappa shape index (κ1) is 22.2. The van der Waals surface area contributed by atoms with Crippen LogP contribution >= 0.6 is 15.9 Å². The van der Waals surface area contributed by atoms with E-state index in [4.69, 9.17) is 4.74 Å². The minimum Gasteiger partial charge on any atom is -0.475 e. The highest BCUT2D eigenvalue weighted by atomic mass is 79.9. The van der Waals surface area contributed by atoms with Crippen molar-refractivity contribution in [1.29, 1.82) is 0 Å². The molecule has 0 aliphatic rings. The van der Waals surface area contributed by atoms with Gasteiger partial charge in [-0.1, -0.05) is 22.0 Å². The number of pyridine rings is 2. The van der Waals surface area contributed by atoms with Gasteiger partial charge in [-0.05, 0) is 85.0 Å². The molecule has 0 unspecified atom stereocenters. The molecule has 0 fully saturated rings. The third kappa shape index (κ3) is 4.70. The molecule has 5 rings (SSSR count). The van der Waals surface area contributed by atoms with Crippen LogP contribution in [0, 0.1) is 5.82 Å². The van der Waals surface area contributed by atoms with Crippen LogP contribution in [0.2, 0.25) is 0 Å². The first-order valence-corrected chi connectivity index (χ1v) is 11.7. The maximum atomic E-state index is 13.9. The molecule has 5 nitrogen and oxygen atoms in total. The lowest BCUT2D eigenvalue weighted by molar-refractivity contribution is 0.233. The quantitative estimate of drug-likeness (QED) is 0.264. The molecule has 1 N–H and O–H groups in total. The van der Waals surface area contributed by atoms with E-state index in [0.29, 0.717) is 12.3 Å². The molecule has 5 aromatic rings. The number of ether oxygens (including phenoxy) is 1. The largest absolute Gasteiger partial charge is 0.475 e. The first-order valence-electron chi connectivity index (χ1n) is 11.0. The molecule has 2 aromatic carbocycles. The molecule has 0 atom stereocenters. The summed E-state index contributed by atoms with van der Waals surface area (Å²) >= 11 is 3.38. The fourth-order valence-electron chi connectivity index (χ4n) is 4.05. The van der Waals surface area contributed by atoms with Crippen molar-refractivity contribution in [3.63, 3.8) is 0 Å². The number of nitrogens with one attached hydrogen (secondary N) is 1. The molecule has 0 aliphatic heterocycles. The van der Waals surface area contributed by atoms with Crippen LogP contribution in [-0.2, 0) is 6.42 Å². The summed E-state index contributed by atoms with van der Waals surface area (Å²) < 4.78 is 20.4. The number of H-pyrrole nitrogens is 1. The highest BCUT2D eigenvalue weighted by Crippen LogP contribution is 2.33. The van der Waals surface area contributed by atoms with Crippen LogP contribution in [0.4, 0.5) is 4.39 Å². The maximum Gasteiger partial charge on any atom is 0.214 e. The molecular formula is C27H22BrFN4O. The van der Waals surface area contributed by atoms with Gasteiger partial charge in [-0.15, -0.1) is 0 Å². The number of halogens is 2. The molecule has 3 aromatic heterocycles. The Labute approximate surface area is 205 Å². The molecule has 0 aliphatic carbocycles. The summed E-state index contributed by atoms with van der Waals surface area (Å²) in [5.41, 5.74) is 6.66. The number of benzene rings is 2. The summed E-state index contributed by atoms with van der Waals surface area (Å²) in [5.74, 6) is 0.301. The predicted octanol–water partition coefficient (Wildman–Crippen LogP) is 6.97. The van der Waals surface area contributed by atoms with E-state index in [9.17, 15) is 4.39 Å². The summed E-state index contributed by atoms with van der Waals surface area (Å²) in [5, 5.41) is 8.68. The van der Waals surface area contributed by atoms with Crippen molar-refractivity contribution in [3.05, 3.63) is 94.6 Å². The normalized spacial score (nSPS) is 11.3. The molecular weight excluding hydrogens is 495 g/mol. The van der Waals surface area contributed by atoms with Crippen LogP contribution in [-0.4, -0.2) is 26.3 Å². The average Bonchev–Trinajstić information content (AvgIpc) is 3.22. The molecule has 7 heteroatoms. The molecule has 0 spiro atoms. The second kappa shape index (κ2) is 9.35. The van der Waals surface area contributed by atoms with Gasteiger partial charge in [0.2, 0.25) is 5.88 Å². The number of nitrogens with zero attached hydrogens (tertiary/aromatic N) is 3. The summed E-state index contributed by atoms with van der Waals surface area (Å²) in [4.78, 5) is 8.62. The van der Waals surface area contributed by atoms with Gasteiger partial charge in [-0.25, -0.2) is 9.37 Å². The smallest absolute Gasteiger partial charge is 0.214 e. The minimum absolute atomic E-state index is 0.0362. The minimum atomic E-state index is -0.266. The lowest BCUT2D eigenvalue weighted by Crippen LogP contribution is -2.06. The zero-order valence-electron chi connectivity index (χ0n) is 18.7. The lowest BCUT2D eigenvalue weighted by atomic mass is 9.95. The van der Waals surface area contributed by atoms with E-state index >= 15 is 0 Å². The van der Waals surface area contributed by atoms with Gasteiger partial charge in [-0.2, -0.15) is 5.10 Å². The maximum absolute atomic E-state index is 13.9. The first-order chi connectivity index (χ1) is 16.5. The summed E-state index contributed by atoms with van der Waals surface area (Å²) in [6.07, 6.45) is 5.95. The van der Waals surface area contributed by atoms with Gasteiger partial charge in [-0.3, -0.25) is 10.1 Å². The fourth-order valence-corrected chi connectivity index (χ4v) is 4.56. The van der Waals surface area contributed by atoms with Crippen molar-refractivity contribution in [2.75, 3.05) is 0 Å². The third-order valence-electron chi connectivity index (χ3n) is 5.46. The number of aromatic amines is 1. The van der Waals surface area contributed by atoms with Gasteiger partial charge >= 0.3 is 0 Å². The van der Waals surface area contributed by atoms with Crippen LogP contribution in [0.1, 0.15) is 25.0 Å². The van der Waals surface area contributed by atoms with E-state index < -0.39 is 0 Å². The van der Waals surface area contributed by atoms with Crippen LogP contribution in [0.15, 0.2) is 77.7 Å². The third-order valence-corrected chi connectivity index (χ3v) is 5.92. The second-order valence-corrected chi connectivity index (χ2v) is 9.28. The van der Waals surface area contributed by atoms with E-state index in [1.165, 1.54) is 6.07 Å². The van der Waals surface area contributed by atoms with E-state index in [0.717, 1.165) is 48.9 Å².